The number of carboxylic acids is 1. The average molecular weight is 599 g/mol. The fraction of sp³-hybridized carbons (Fsp3) is 0.333. The van der Waals surface area contributed by atoms with Crippen molar-refractivity contribution in [1.82, 2.24) is 30.0 Å². The third kappa shape index (κ3) is 6.56. The number of nitrogens with two attached hydrogens (primary N) is 1. The van der Waals surface area contributed by atoms with Crippen LogP contribution in [0.25, 0.3) is 0 Å². The summed E-state index contributed by atoms with van der Waals surface area (Å²) in [6, 6.07) is -1.03. The van der Waals surface area contributed by atoms with Gasteiger partial charge in [0.25, 0.3) is 17.4 Å². The molecule has 15 nitrogen and oxygen atoms in total. The van der Waals surface area contributed by atoms with E-state index < -0.39 is 40.3 Å². The van der Waals surface area contributed by atoms with Gasteiger partial charge in [-0.1, -0.05) is 16.9 Å². The zero-order valence-electron chi connectivity index (χ0n) is 20.5. The third-order valence-corrected chi connectivity index (χ3v) is 8.08. The minimum Gasteiger partial charge on any atom is -0.554 e. The Morgan fingerprint density at radius 3 is 2.66 bits per heavy atom. The van der Waals surface area contributed by atoms with Gasteiger partial charge in [0.05, 0.1) is 11.7 Å². The molecule has 0 spiro atoms. The Hall–Kier alpha value is -1.64. The van der Waals surface area contributed by atoms with E-state index in [1.54, 1.807) is 0 Å². The topological polar surface area (TPSA) is 216 Å². The second-order valence-corrected chi connectivity index (χ2v) is 10.1. The first kappa shape index (κ1) is 32.6. The Balaban J connectivity index is 0.00000253. The van der Waals surface area contributed by atoms with E-state index in [1.807, 2.05) is 0 Å². The maximum Gasteiger partial charge on any atom is 1.00 e. The second-order valence-electron chi connectivity index (χ2n) is 7.21. The number of nitrogen functional groups attached to an aromatic ring is 1. The van der Waals surface area contributed by atoms with Crippen molar-refractivity contribution in [2.45, 2.75) is 16.6 Å². The largest absolute Gasteiger partial charge is 1.00 e. The molecule has 0 aromatic carbocycles. The first-order valence-corrected chi connectivity index (χ1v) is 12.8. The van der Waals surface area contributed by atoms with Crippen LogP contribution in [0.1, 0.15) is 5.69 Å². The molecule has 2 amide bonds. The Bertz CT molecular complexity index is 1440. The van der Waals surface area contributed by atoms with Crippen molar-refractivity contribution in [3.8, 4) is 0 Å². The Morgan fingerprint density at radius 1 is 1.34 bits per heavy atom. The van der Waals surface area contributed by atoms with Crippen LogP contribution in [-0.2, 0) is 26.3 Å². The number of carboxylic acid groups (broad SMARTS) is 1. The number of aromatic nitrogens is 4. The summed E-state index contributed by atoms with van der Waals surface area (Å²) in [5.41, 5.74) is 3.56. The number of thiazole rings is 1. The van der Waals surface area contributed by atoms with Crippen molar-refractivity contribution < 1.29 is 83.4 Å². The minimum atomic E-state index is -1.57. The van der Waals surface area contributed by atoms with Crippen LogP contribution in [0.15, 0.2) is 36.6 Å². The minimum absolute atomic E-state index is 0. The van der Waals surface area contributed by atoms with Crippen LogP contribution < -0.4 is 91.5 Å². The summed E-state index contributed by atoms with van der Waals surface area (Å²) in [7, 11) is 2.66. The number of nitrogens with zero attached hydrogens (tertiary/aromatic N) is 6. The van der Waals surface area contributed by atoms with E-state index in [4.69, 9.17) is 10.6 Å². The van der Waals surface area contributed by atoms with Crippen LogP contribution in [0.5, 0.6) is 0 Å². The van der Waals surface area contributed by atoms with E-state index in [0.717, 1.165) is 32.7 Å². The van der Waals surface area contributed by atoms with Crippen LogP contribution in [0.4, 0.5) is 5.13 Å². The van der Waals surface area contributed by atoms with Crippen LogP contribution in [-0.4, -0.2) is 73.1 Å². The number of fused-ring (bicyclic) bond motifs is 1. The van der Waals surface area contributed by atoms with Crippen molar-refractivity contribution >= 4 is 63.5 Å². The average Bonchev–Trinajstić information content (AvgIpc) is 3.27. The first-order valence-electron chi connectivity index (χ1n) is 9.89. The zero-order valence-corrected chi connectivity index (χ0v) is 26.9. The standard InChI is InChI=1S/C18H18N8O7S3.2Na/c1-25-18(22-12(28)13(29)23-25)36-4-6-3-34-15-9(14(30)26(15)10(6)16(31)32)21-11(27)8(24-33-2)7-5-35-17(19)20-7;;/h5,9,15H,3-4H2,1-2H3,(H5,19,20,21,23,27,29,31,32);;/q;2*+1/p-2/b24-8+;;/t9?,15-;;/m0../s1. The number of amides is 2. The van der Waals surface area contributed by atoms with Crippen LogP contribution in [0.3, 0.4) is 0 Å². The summed E-state index contributed by atoms with van der Waals surface area (Å²) in [6.07, 6.45) is 0. The molecule has 2 atom stereocenters. The van der Waals surface area contributed by atoms with Gasteiger partial charge < -0.3 is 40.4 Å². The maximum atomic E-state index is 12.9. The van der Waals surface area contributed by atoms with Gasteiger partial charge in [-0.15, -0.1) is 23.1 Å². The predicted molar refractivity (Wildman–Crippen MR) is 127 cm³/mol. The Kier molecular flexibility index (Phi) is 11.7. The molecule has 1 saturated heterocycles. The molecule has 2 aliphatic rings. The van der Waals surface area contributed by atoms with Gasteiger partial charge in [-0.05, 0) is 12.6 Å². The monoisotopic (exact) mass is 598 g/mol. The number of rotatable bonds is 8. The molecule has 2 aliphatic heterocycles. The summed E-state index contributed by atoms with van der Waals surface area (Å²) >= 11 is 3.31. The zero-order chi connectivity index (χ0) is 26.1. The number of aryl methyl sites for hydroxylation is 1. The molecule has 20 heteroatoms. The van der Waals surface area contributed by atoms with Gasteiger partial charge in [0.15, 0.2) is 21.6 Å². The van der Waals surface area contributed by atoms with Crippen molar-refractivity contribution in [3.63, 3.8) is 0 Å². The van der Waals surface area contributed by atoms with Crippen LogP contribution in [0, 0.1) is 0 Å². The quantitative estimate of drug-likeness (QED) is 0.0722. The number of aliphatic carboxylic acids is 1. The Labute approximate surface area is 270 Å². The molecular formula is C18H16N8Na2O7S3. The number of nitrogens with one attached hydrogen (secondary N) is 1. The number of oxime groups is 1. The molecule has 2 aromatic heterocycles. The van der Waals surface area contributed by atoms with E-state index in [2.05, 4.69) is 25.5 Å². The molecule has 38 heavy (non-hydrogen) atoms. The summed E-state index contributed by atoms with van der Waals surface area (Å²) in [5.74, 6) is -2.73. The van der Waals surface area contributed by atoms with E-state index >= 15 is 0 Å². The SMILES string of the molecule is CO/N=C(/C(=O)NC1C(=O)N2C(C(=O)[O-])=C(CSc3nc(=O)c(=O)[n-]n3C)CS[C@@H]12)c1csc(N)n1.[Na+].[Na+]. The molecule has 0 saturated carbocycles. The Morgan fingerprint density at radius 2 is 2.05 bits per heavy atom. The molecule has 0 bridgehead atoms. The van der Waals surface area contributed by atoms with Gasteiger partial charge in [-0.3, -0.25) is 19.3 Å². The van der Waals surface area contributed by atoms with Crippen molar-refractivity contribution in [1.29, 1.82) is 0 Å². The fourth-order valence-corrected chi connectivity index (χ4v) is 6.33. The molecule has 190 valence electrons. The molecule has 0 radical (unpaired) electrons. The fourth-order valence-electron chi connectivity index (χ4n) is 3.39. The number of anilines is 1. The van der Waals surface area contributed by atoms with E-state index in [1.165, 1.54) is 31.3 Å². The number of β-lactam (4-membered cyclic amide) rings is 1. The number of thioether (sulfide) groups is 2. The van der Waals surface area contributed by atoms with E-state index in [-0.39, 0.29) is 98.0 Å². The first-order chi connectivity index (χ1) is 17.1. The second kappa shape index (κ2) is 13.6. The van der Waals surface area contributed by atoms with Gasteiger partial charge in [-0.2, -0.15) is 4.98 Å². The summed E-state index contributed by atoms with van der Waals surface area (Å²) < 4.78 is 1.11. The molecule has 4 heterocycles. The molecule has 0 aliphatic carbocycles. The van der Waals surface area contributed by atoms with Crippen molar-refractivity contribution in [2.75, 3.05) is 24.3 Å². The summed E-state index contributed by atoms with van der Waals surface area (Å²) in [4.78, 5) is 73.8. The van der Waals surface area contributed by atoms with Gasteiger partial charge in [0.2, 0.25) is 0 Å². The van der Waals surface area contributed by atoms with E-state index in [9.17, 15) is 29.1 Å². The van der Waals surface area contributed by atoms with Crippen LogP contribution >= 0.6 is 34.9 Å². The maximum absolute atomic E-state index is 12.9. The number of hydrogen-bond donors (Lipinski definition) is 2. The third-order valence-electron chi connectivity index (χ3n) is 4.96. The number of carbonyl (C=O) groups is 3. The van der Waals surface area contributed by atoms with Crippen molar-refractivity contribution in [2.24, 2.45) is 12.2 Å². The predicted octanol–water partition coefficient (Wildman–Crippen LogP) is -9.31. The number of hydrogen-bond acceptors (Lipinski definition) is 14. The van der Waals surface area contributed by atoms with Gasteiger partial charge in [0.1, 0.15) is 24.2 Å². The molecule has 2 aromatic rings. The van der Waals surface area contributed by atoms with Gasteiger partial charge >= 0.3 is 59.1 Å². The summed E-state index contributed by atoms with van der Waals surface area (Å²) in [5, 5.41) is 22.8. The summed E-state index contributed by atoms with van der Waals surface area (Å²) in [6.45, 7) is 0. The molecular weight excluding hydrogens is 582 g/mol. The molecule has 3 N–H and O–H groups in total. The normalized spacial score (nSPS) is 18.5. The van der Waals surface area contributed by atoms with Crippen molar-refractivity contribution in [3.05, 3.63) is 43.1 Å². The molecule has 1 unspecified atom stereocenters. The van der Waals surface area contributed by atoms with E-state index in [0.29, 0.717) is 5.57 Å². The number of carbonyl (C=O) groups excluding carboxylic acids is 3. The van der Waals surface area contributed by atoms with Gasteiger partial charge in [0, 0.05) is 16.9 Å². The van der Waals surface area contributed by atoms with Gasteiger partial charge in [-0.25, -0.2) is 4.98 Å². The molecule has 4 rings (SSSR count). The van der Waals surface area contributed by atoms with Crippen LogP contribution in [0.2, 0.25) is 0 Å². The smallest absolute Gasteiger partial charge is 0.554 e. The molecule has 1 fully saturated rings.